The number of benzene rings is 2. The van der Waals surface area contributed by atoms with Gasteiger partial charge in [0, 0.05) is 11.8 Å². The summed E-state index contributed by atoms with van der Waals surface area (Å²) < 4.78 is 0. The zero-order chi connectivity index (χ0) is 23.7. The Morgan fingerprint density at radius 1 is 0.588 bits per heavy atom. The summed E-state index contributed by atoms with van der Waals surface area (Å²) in [5, 5.41) is 18.4. The second kappa shape index (κ2) is 6.97. The summed E-state index contributed by atoms with van der Waals surface area (Å²) in [6, 6.07) is 16.6. The third kappa shape index (κ3) is 2.45. The van der Waals surface area contributed by atoms with Crippen LogP contribution < -0.4 is 9.80 Å². The second-order valence-electron chi connectivity index (χ2n) is 8.99. The predicted octanol–water partition coefficient (Wildman–Crippen LogP) is 2.16. The van der Waals surface area contributed by atoms with Gasteiger partial charge < -0.3 is 0 Å². The number of carbonyl (C=O) groups is 4. The fourth-order valence-electron chi connectivity index (χ4n) is 6.16. The van der Waals surface area contributed by atoms with Gasteiger partial charge in [0.25, 0.3) is 0 Å². The molecule has 2 aromatic carbocycles. The molecule has 0 radical (unpaired) electrons. The largest absolute Gasteiger partial charge is 0.274 e. The minimum Gasteiger partial charge on any atom is -0.274 e. The summed E-state index contributed by atoms with van der Waals surface area (Å²) in [4.78, 5) is 56.2. The van der Waals surface area contributed by atoms with Crippen molar-refractivity contribution in [2.75, 3.05) is 9.80 Å². The van der Waals surface area contributed by atoms with Crippen LogP contribution in [-0.2, 0) is 19.2 Å². The third-order valence-electron chi connectivity index (χ3n) is 7.48. The van der Waals surface area contributed by atoms with E-state index in [1.54, 1.807) is 48.6 Å². The highest BCUT2D eigenvalue weighted by molar-refractivity contribution is 6.26. The molecular weight excluding hydrogens is 432 g/mol. The number of amides is 4. The first-order chi connectivity index (χ1) is 16.5. The van der Waals surface area contributed by atoms with Crippen LogP contribution in [-0.4, -0.2) is 23.6 Å². The van der Waals surface area contributed by atoms with E-state index in [1.165, 1.54) is 12.1 Å². The van der Waals surface area contributed by atoms with Crippen LogP contribution in [0, 0.1) is 58.2 Å². The van der Waals surface area contributed by atoms with Gasteiger partial charge in [-0.15, -0.1) is 0 Å². The maximum Gasteiger partial charge on any atom is 0.238 e. The quantitative estimate of drug-likeness (QED) is 0.513. The van der Waals surface area contributed by atoms with Crippen molar-refractivity contribution in [3.05, 3.63) is 71.8 Å². The number of rotatable bonds is 2. The van der Waals surface area contributed by atoms with E-state index in [1.807, 2.05) is 12.1 Å². The molecule has 1 saturated carbocycles. The van der Waals surface area contributed by atoms with Crippen LogP contribution in [0.3, 0.4) is 0 Å². The summed E-state index contributed by atoms with van der Waals surface area (Å²) in [5.74, 6) is -5.76. The average molecular weight is 448 g/mol. The van der Waals surface area contributed by atoms with Gasteiger partial charge in [-0.2, -0.15) is 10.5 Å². The van der Waals surface area contributed by atoms with Crippen LogP contribution in [0.1, 0.15) is 11.1 Å². The van der Waals surface area contributed by atoms with Crippen LogP contribution in [0.25, 0.3) is 0 Å². The molecule has 4 amide bonds. The molecule has 2 saturated heterocycles. The molecule has 2 aliphatic heterocycles. The van der Waals surface area contributed by atoms with Crippen molar-refractivity contribution in [1.29, 1.82) is 10.5 Å². The molecule has 0 spiro atoms. The lowest BCUT2D eigenvalue weighted by Gasteiger charge is -2.44. The van der Waals surface area contributed by atoms with Gasteiger partial charge in [-0.05, 0) is 36.4 Å². The van der Waals surface area contributed by atoms with Crippen LogP contribution >= 0.6 is 0 Å². The maximum absolute atomic E-state index is 13.5. The topological polar surface area (TPSA) is 122 Å². The van der Waals surface area contributed by atoms with E-state index >= 15 is 0 Å². The molecule has 2 unspecified atom stereocenters. The Balaban J connectivity index is 1.40. The van der Waals surface area contributed by atoms with Crippen LogP contribution in [0.2, 0.25) is 0 Å². The number of anilines is 2. The first-order valence-electron chi connectivity index (χ1n) is 10.9. The van der Waals surface area contributed by atoms with Crippen LogP contribution in [0.15, 0.2) is 60.7 Å². The molecule has 8 heteroatoms. The van der Waals surface area contributed by atoms with Crippen LogP contribution in [0.5, 0.6) is 0 Å². The molecule has 0 N–H and O–H groups in total. The molecule has 6 atom stereocenters. The Hall–Kier alpha value is -4.56. The SMILES string of the molecule is N#Cc1cccc(N2C(=O)[C@@H]3C4C=CC([C@H]3C2=O)[C@@H]2C(=O)N(c3cccc(C#N)c3)C(=O)[C@H]42)c1. The maximum atomic E-state index is 13.5. The molecule has 8 nitrogen and oxygen atoms in total. The molecule has 2 bridgehead atoms. The number of hydrogen-bond acceptors (Lipinski definition) is 6. The first-order valence-corrected chi connectivity index (χ1v) is 10.9. The Bertz CT molecular complexity index is 1280. The number of nitrogens with zero attached hydrogens (tertiary/aromatic N) is 4. The van der Waals surface area contributed by atoms with E-state index in [2.05, 4.69) is 0 Å². The second-order valence-corrected chi connectivity index (χ2v) is 8.99. The minimum absolute atomic E-state index is 0.320. The van der Waals surface area contributed by atoms with Crippen molar-refractivity contribution in [2.24, 2.45) is 35.5 Å². The van der Waals surface area contributed by atoms with Crippen LogP contribution in [0.4, 0.5) is 11.4 Å². The van der Waals surface area contributed by atoms with E-state index in [0.717, 1.165) is 9.80 Å². The summed E-state index contributed by atoms with van der Waals surface area (Å²) >= 11 is 0. The molecule has 3 fully saturated rings. The molecule has 2 heterocycles. The zero-order valence-corrected chi connectivity index (χ0v) is 17.7. The van der Waals surface area contributed by atoms with E-state index in [-0.39, 0.29) is 0 Å². The van der Waals surface area contributed by atoms with Crippen molar-refractivity contribution in [3.63, 3.8) is 0 Å². The molecule has 34 heavy (non-hydrogen) atoms. The van der Waals surface area contributed by atoms with E-state index in [4.69, 9.17) is 0 Å². The van der Waals surface area contributed by atoms with Crippen molar-refractivity contribution in [1.82, 2.24) is 0 Å². The number of carbonyl (C=O) groups excluding carboxylic acids is 4. The lowest BCUT2D eigenvalue weighted by molar-refractivity contribution is -0.137. The Kier molecular flexibility index (Phi) is 4.11. The molecule has 5 aliphatic rings. The molecule has 0 aromatic heterocycles. The van der Waals surface area contributed by atoms with E-state index < -0.39 is 59.1 Å². The fraction of sp³-hybridized carbons (Fsp3) is 0.231. The van der Waals surface area contributed by atoms with Gasteiger partial charge in [0.05, 0.1) is 58.3 Å². The molecule has 2 aromatic rings. The van der Waals surface area contributed by atoms with Gasteiger partial charge >= 0.3 is 0 Å². The normalized spacial score (nSPS) is 30.9. The zero-order valence-electron chi connectivity index (χ0n) is 17.7. The molecule has 164 valence electrons. The highest BCUT2D eigenvalue weighted by Gasteiger charge is 2.68. The smallest absolute Gasteiger partial charge is 0.238 e. The highest BCUT2D eigenvalue weighted by atomic mass is 16.2. The van der Waals surface area contributed by atoms with Crippen molar-refractivity contribution in [3.8, 4) is 12.1 Å². The van der Waals surface area contributed by atoms with Gasteiger partial charge in [0.15, 0.2) is 0 Å². The number of hydrogen-bond donors (Lipinski definition) is 0. The number of allylic oxidation sites excluding steroid dienone is 2. The minimum atomic E-state index is -0.739. The van der Waals surface area contributed by atoms with Gasteiger partial charge in [-0.1, -0.05) is 24.3 Å². The summed E-state index contributed by atoms with van der Waals surface area (Å²) in [6.07, 6.45) is 3.60. The Labute approximate surface area is 194 Å². The summed E-state index contributed by atoms with van der Waals surface area (Å²) in [7, 11) is 0. The highest BCUT2D eigenvalue weighted by Crippen LogP contribution is 2.58. The van der Waals surface area contributed by atoms with Gasteiger partial charge in [0.2, 0.25) is 23.6 Å². The molecular formula is C26H16N4O4. The van der Waals surface area contributed by atoms with Gasteiger partial charge in [0.1, 0.15) is 0 Å². The molecule has 7 rings (SSSR count). The molecule has 3 aliphatic carbocycles. The number of imide groups is 2. The van der Waals surface area contributed by atoms with Gasteiger partial charge in [-0.25, -0.2) is 9.80 Å². The summed E-state index contributed by atoms with van der Waals surface area (Å²) in [6.45, 7) is 0. The fourth-order valence-corrected chi connectivity index (χ4v) is 6.16. The summed E-state index contributed by atoms with van der Waals surface area (Å²) in [5.41, 5.74) is 1.29. The Morgan fingerprint density at radius 3 is 1.26 bits per heavy atom. The predicted molar refractivity (Wildman–Crippen MR) is 117 cm³/mol. The van der Waals surface area contributed by atoms with E-state index in [0.29, 0.717) is 22.5 Å². The van der Waals surface area contributed by atoms with Crippen molar-refractivity contribution in [2.45, 2.75) is 0 Å². The first kappa shape index (κ1) is 20.1. The van der Waals surface area contributed by atoms with Crippen molar-refractivity contribution < 1.29 is 19.2 Å². The van der Waals surface area contributed by atoms with Gasteiger partial charge in [-0.3, -0.25) is 19.2 Å². The lowest BCUT2D eigenvalue weighted by Crippen LogP contribution is -2.50. The third-order valence-corrected chi connectivity index (χ3v) is 7.48. The Morgan fingerprint density at radius 2 is 0.941 bits per heavy atom. The monoisotopic (exact) mass is 448 g/mol. The average Bonchev–Trinajstić information content (AvgIpc) is 3.31. The van der Waals surface area contributed by atoms with Crippen molar-refractivity contribution >= 4 is 35.0 Å². The standard InChI is InChI=1S/C26H16N4O4/c27-11-13-3-1-5-15(9-13)29-23(31)19-17-7-8-18(20(19)24(29)32)22-21(17)25(33)30(26(22)34)16-6-2-4-14(10-16)12-28/h1-10,17-22H/t17?,18?,19-,20-,21-,22+/m1/s1. The van der Waals surface area contributed by atoms with E-state index in [9.17, 15) is 29.7 Å². The number of nitriles is 2. The lowest BCUT2D eigenvalue weighted by atomic mass is 9.54.